The van der Waals surface area contributed by atoms with Crippen LogP contribution in [0.1, 0.15) is 47.1 Å². The van der Waals surface area contributed by atoms with Gasteiger partial charge in [0.2, 0.25) is 12.7 Å². The third-order valence-corrected chi connectivity index (χ3v) is 5.53. The Morgan fingerprint density at radius 2 is 1.20 bits per heavy atom. The fourth-order valence-electron chi connectivity index (χ4n) is 3.47. The summed E-state index contributed by atoms with van der Waals surface area (Å²) in [6, 6.07) is 10.8. The molecular formula is C25H39N5+2. The number of imidazole rings is 2. The van der Waals surface area contributed by atoms with Crippen LogP contribution in [0.3, 0.4) is 0 Å². The average Bonchev–Trinajstić information content (AvgIpc) is 3.34. The zero-order chi connectivity index (χ0) is 21.8. The SMILES string of the molecule is CC(C)(C)n1cc[n+](CCN(CC[n+]2ccn(C(C)(C)C)c2)Cc2ccccc2)c1. The van der Waals surface area contributed by atoms with E-state index in [9.17, 15) is 0 Å². The van der Waals surface area contributed by atoms with Gasteiger partial charge in [0.15, 0.2) is 0 Å². The van der Waals surface area contributed by atoms with Gasteiger partial charge in [-0.1, -0.05) is 30.3 Å². The average molecular weight is 410 g/mol. The van der Waals surface area contributed by atoms with Crippen LogP contribution in [-0.4, -0.2) is 27.1 Å². The lowest BCUT2D eigenvalue weighted by molar-refractivity contribution is -0.701. The number of hydrogen-bond acceptors (Lipinski definition) is 1. The van der Waals surface area contributed by atoms with Crippen LogP contribution in [0.4, 0.5) is 0 Å². The molecule has 0 radical (unpaired) electrons. The van der Waals surface area contributed by atoms with Gasteiger partial charge in [-0.15, -0.1) is 0 Å². The maximum atomic E-state index is 2.55. The van der Waals surface area contributed by atoms with Crippen molar-refractivity contribution in [3.05, 3.63) is 73.3 Å². The normalized spacial score (nSPS) is 12.6. The number of benzene rings is 1. The second-order valence-electron chi connectivity index (χ2n) is 10.2. The molecule has 0 aliphatic carbocycles. The topological polar surface area (TPSA) is 20.9 Å². The smallest absolute Gasteiger partial charge is 0.244 e. The zero-order valence-electron chi connectivity index (χ0n) is 19.6. The van der Waals surface area contributed by atoms with Crippen molar-refractivity contribution in [2.45, 2.75) is 72.3 Å². The summed E-state index contributed by atoms with van der Waals surface area (Å²) in [5.74, 6) is 0. The van der Waals surface area contributed by atoms with Gasteiger partial charge in [0.25, 0.3) is 0 Å². The van der Waals surface area contributed by atoms with Gasteiger partial charge in [-0.3, -0.25) is 4.90 Å². The fraction of sp³-hybridized carbons (Fsp3) is 0.520. The highest BCUT2D eigenvalue weighted by molar-refractivity contribution is 5.14. The summed E-state index contributed by atoms with van der Waals surface area (Å²) in [6.45, 7) is 18.4. The molecule has 0 atom stereocenters. The molecular weight excluding hydrogens is 370 g/mol. The lowest BCUT2D eigenvalue weighted by atomic mass is 10.1. The minimum atomic E-state index is 0.117. The monoisotopic (exact) mass is 409 g/mol. The van der Waals surface area contributed by atoms with E-state index in [1.165, 1.54) is 5.56 Å². The van der Waals surface area contributed by atoms with Crippen LogP contribution >= 0.6 is 0 Å². The van der Waals surface area contributed by atoms with Crippen LogP contribution in [-0.2, 0) is 30.7 Å². The largest absolute Gasteiger partial charge is 0.291 e. The van der Waals surface area contributed by atoms with E-state index in [1.807, 2.05) is 0 Å². The summed E-state index contributed by atoms with van der Waals surface area (Å²) in [4.78, 5) is 2.55. The van der Waals surface area contributed by atoms with Gasteiger partial charge in [-0.2, -0.15) is 0 Å². The van der Waals surface area contributed by atoms with Gasteiger partial charge >= 0.3 is 0 Å². The molecule has 30 heavy (non-hydrogen) atoms. The van der Waals surface area contributed by atoms with Crippen molar-refractivity contribution >= 4 is 0 Å². The van der Waals surface area contributed by atoms with Crippen LogP contribution in [0.5, 0.6) is 0 Å². The summed E-state index contributed by atoms with van der Waals surface area (Å²) < 4.78 is 9.15. The lowest BCUT2D eigenvalue weighted by Crippen LogP contribution is -2.44. The third kappa shape index (κ3) is 6.30. The zero-order valence-corrected chi connectivity index (χ0v) is 19.6. The molecule has 3 rings (SSSR count). The van der Waals surface area contributed by atoms with Crippen molar-refractivity contribution in [3.8, 4) is 0 Å². The number of nitrogens with zero attached hydrogens (tertiary/aromatic N) is 5. The molecule has 0 aliphatic heterocycles. The van der Waals surface area contributed by atoms with Crippen molar-refractivity contribution in [1.29, 1.82) is 0 Å². The molecule has 0 N–H and O–H groups in total. The molecule has 162 valence electrons. The Balaban J connectivity index is 1.64. The standard InChI is InChI=1S/C25H39N5/c1-24(2,3)29-18-16-27(21-29)14-12-26(20-23-10-8-7-9-11-23)13-15-28-17-19-30(22-28)25(4,5)6/h7-11,16-19,21-22H,12-15,20H2,1-6H3/q+2. The quantitative estimate of drug-likeness (QED) is 0.521. The second-order valence-corrected chi connectivity index (χ2v) is 10.2. The predicted octanol–water partition coefficient (Wildman–Crippen LogP) is 3.58. The molecule has 1 aromatic carbocycles. The van der Waals surface area contributed by atoms with E-state index in [-0.39, 0.29) is 11.1 Å². The molecule has 0 saturated heterocycles. The molecule has 3 aromatic rings. The number of rotatable bonds is 8. The molecule has 0 fully saturated rings. The van der Waals surface area contributed by atoms with Crippen LogP contribution in [0.15, 0.2) is 67.8 Å². The maximum Gasteiger partial charge on any atom is 0.244 e. The Morgan fingerprint density at radius 1 is 0.733 bits per heavy atom. The van der Waals surface area contributed by atoms with E-state index < -0.39 is 0 Å². The summed E-state index contributed by atoms with van der Waals surface area (Å²) in [5.41, 5.74) is 1.60. The van der Waals surface area contributed by atoms with Gasteiger partial charge in [0, 0.05) is 19.6 Å². The second kappa shape index (κ2) is 9.17. The molecule has 0 unspecified atom stereocenters. The molecule has 0 saturated carbocycles. The Bertz CT molecular complexity index is 853. The van der Waals surface area contributed by atoms with Crippen molar-refractivity contribution in [2.24, 2.45) is 0 Å². The van der Waals surface area contributed by atoms with Crippen LogP contribution < -0.4 is 9.13 Å². The Morgan fingerprint density at radius 3 is 1.60 bits per heavy atom. The highest BCUT2D eigenvalue weighted by atomic mass is 15.2. The van der Waals surface area contributed by atoms with E-state index in [0.717, 1.165) is 32.7 Å². The molecule has 5 heteroatoms. The first-order chi connectivity index (χ1) is 14.1. The van der Waals surface area contributed by atoms with Gasteiger partial charge in [0.1, 0.15) is 49.0 Å². The Kier molecular flexibility index (Phi) is 6.81. The van der Waals surface area contributed by atoms with E-state index in [4.69, 9.17) is 0 Å². The maximum absolute atomic E-state index is 2.55. The molecule has 5 nitrogen and oxygen atoms in total. The molecule has 2 aromatic heterocycles. The molecule has 0 amide bonds. The first kappa shape index (κ1) is 22.3. The van der Waals surface area contributed by atoms with E-state index in [1.54, 1.807) is 0 Å². The highest BCUT2D eigenvalue weighted by Gasteiger charge is 2.21. The minimum absolute atomic E-state index is 0.117. The summed E-state index contributed by atoms with van der Waals surface area (Å²) in [7, 11) is 0. The molecule has 0 bridgehead atoms. The molecule has 2 heterocycles. The first-order valence-corrected chi connectivity index (χ1v) is 11.0. The fourth-order valence-corrected chi connectivity index (χ4v) is 3.47. The van der Waals surface area contributed by atoms with Crippen LogP contribution in [0.25, 0.3) is 0 Å². The van der Waals surface area contributed by atoms with Gasteiger partial charge in [-0.05, 0) is 47.1 Å². The van der Waals surface area contributed by atoms with Gasteiger partial charge < -0.3 is 0 Å². The van der Waals surface area contributed by atoms with Crippen molar-refractivity contribution < 1.29 is 9.13 Å². The molecule has 0 aliphatic rings. The number of aromatic nitrogens is 4. The summed E-state index contributed by atoms with van der Waals surface area (Å²) in [6.07, 6.45) is 13.2. The van der Waals surface area contributed by atoms with Crippen molar-refractivity contribution in [3.63, 3.8) is 0 Å². The first-order valence-electron chi connectivity index (χ1n) is 11.0. The van der Waals surface area contributed by atoms with Gasteiger partial charge in [-0.25, -0.2) is 18.3 Å². The summed E-state index contributed by atoms with van der Waals surface area (Å²) in [5, 5.41) is 0. The van der Waals surface area contributed by atoms with Crippen LogP contribution in [0, 0.1) is 0 Å². The lowest BCUT2D eigenvalue weighted by Gasteiger charge is -2.21. The Hall–Kier alpha value is -2.40. The molecule has 0 spiro atoms. The van der Waals surface area contributed by atoms with E-state index in [2.05, 4.69) is 132 Å². The summed E-state index contributed by atoms with van der Waals surface area (Å²) >= 11 is 0. The van der Waals surface area contributed by atoms with Gasteiger partial charge in [0.05, 0.1) is 0 Å². The van der Waals surface area contributed by atoms with Crippen molar-refractivity contribution in [1.82, 2.24) is 14.0 Å². The van der Waals surface area contributed by atoms with Crippen LogP contribution in [0.2, 0.25) is 0 Å². The van der Waals surface area contributed by atoms with E-state index >= 15 is 0 Å². The predicted molar refractivity (Wildman–Crippen MR) is 121 cm³/mol. The van der Waals surface area contributed by atoms with Crippen molar-refractivity contribution in [2.75, 3.05) is 13.1 Å². The Labute approximate surface area is 182 Å². The minimum Gasteiger partial charge on any atom is -0.291 e. The third-order valence-electron chi connectivity index (χ3n) is 5.53. The van der Waals surface area contributed by atoms with E-state index in [0.29, 0.717) is 0 Å². The highest BCUT2D eigenvalue weighted by Crippen LogP contribution is 2.12. The number of hydrogen-bond donors (Lipinski definition) is 0.